The molecule has 0 radical (unpaired) electrons. The molecule has 1 unspecified atom stereocenters. The second-order valence-electron chi connectivity index (χ2n) is 4.01. The van der Waals surface area contributed by atoms with Gasteiger partial charge in [-0.05, 0) is 6.92 Å². The van der Waals surface area contributed by atoms with Crippen molar-refractivity contribution < 1.29 is 24.5 Å². The molecule has 19 heavy (non-hydrogen) atoms. The van der Waals surface area contributed by atoms with Crippen LogP contribution < -0.4 is 5.43 Å². The zero-order valence-corrected chi connectivity index (χ0v) is 11.0. The molecule has 1 atom stereocenters. The second-order valence-corrected chi connectivity index (χ2v) is 4.01. The smallest absolute Gasteiger partial charge is 0.341 e. The number of carbonyl (C=O) groups is 1. The third-order valence-corrected chi connectivity index (χ3v) is 2.69. The highest BCUT2D eigenvalue weighted by Gasteiger charge is 2.17. The molecule has 0 amide bonds. The van der Waals surface area contributed by atoms with E-state index in [0.717, 1.165) is 6.07 Å². The predicted octanol–water partition coefficient (Wildman–Crippen LogP) is 0.219. The largest absolute Gasteiger partial charge is 0.477 e. The van der Waals surface area contributed by atoms with E-state index in [0.29, 0.717) is 5.69 Å². The minimum atomic E-state index is -1.32. The summed E-state index contributed by atoms with van der Waals surface area (Å²) >= 11 is 0. The van der Waals surface area contributed by atoms with E-state index in [1.54, 1.807) is 0 Å². The van der Waals surface area contributed by atoms with E-state index in [9.17, 15) is 14.7 Å². The monoisotopic (exact) mass is 271 g/mol. The summed E-state index contributed by atoms with van der Waals surface area (Å²) in [6, 6.07) is 1.11. The first-order chi connectivity index (χ1) is 8.90. The van der Waals surface area contributed by atoms with Crippen molar-refractivity contribution in [2.24, 2.45) is 0 Å². The van der Waals surface area contributed by atoms with Crippen LogP contribution in [0.15, 0.2) is 17.1 Å². The molecule has 1 aromatic rings. The number of ether oxygens (including phenoxy) is 2. The molecular weight excluding hydrogens is 254 g/mol. The first kappa shape index (κ1) is 15.4. The number of rotatable bonds is 6. The van der Waals surface area contributed by atoms with E-state index in [-0.39, 0.29) is 12.1 Å². The lowest BCUT2D eigenvalue weighted by Gasteiger charge is -2.20. The van der Waals surface area contributed by atoms with Crippen LogP contribution in [0.4, 0.5) is 0 Å². The number of methoxy groups -OCH3 is 2. The Bertz CT molecular complexity index is 503. The fourth-order valence-corrected chi connectivity index (χ4v) is 1.67. The van der Waals surface area contributed by atoms with Crippen LogP contribution in [-0.4, -0.2) is 41.3 Å². The number of aromatic carboxylic acids is 1. The van der Waals surface area contributed by atoms with Crippen LogP contribution in [0.3, 0.4) is 0 Å². The van der Waals surface area contributed by atoms with Gasteiger partial charge in [0.2, 0.25) is 0 Å². The van der Waals surface area contributed by atoms with Gasteiger partial charge in [-0.1, -0.05) is 0 Å². The van der Waals surface area contributed by atoms with Crippen molar-refractivity contribution in [2.75, 3.05) is 14.2 Å². The topological polar surface area (TPSA) is 98.0 Å². The molecule has 0 aliphatic carbocycles. The molecule has 0 aromatic carbocycles. The Morgan fingerprint density at radius 2 is 2.00 bits per heavy atom. The van der Waals surface area contributed by atoms with Gasteiger partial charge in [0.15, 0.2) is 11.7 Å². The van der Waals surface area contributed by atoms with Gasteiger partial charge in [0.25, 0.3) is 0 Å². The van der Waals surface area contributed by atoms with Gasteiger partial charge >= 0.3 is 5.97 Å². The van der Waals surface area contributed by atoms with Crippen molar-refractivity contribution in [2.45, 2.75) is 25.9 Å². The molecular formula is C12H17NO6. The Morgan fingerprint density at radius 1 is 1.42 bits per heavy atom. The Hall–Kier alpha value is -1.70. The first-order valence-electron chi connectivity index (χ1n) is 5.62. The molecule has 1 heterocycles. The third kappa shape index (κ3) is 3.63. The molecule has 0 saturated carbocycles. The number of hydrogen-bond donors (Lipinski definition) is 2. The normalized spacial score (nSPS) is 12.7. The summed E-state index contributed by atoms with van der Waals surface area (Å²) in [6.45, 7) is 1.65. The Kier molecular flexibility index (Phi) is 5.22. The molecule has 1 aromatic heterocycles. The van der Waals surface area contributed by atoms with E-state index in [4.69, 9.17) is 14.6 Å². The van der Waals surface area contributed by atoms with Gasteiger partial charge < -0.3 is 24.3 Å². The summed E-state index contributed by atoms with van der Waals surface area (Å²) in [4.78, 5) is 22.5. The average Bonchev–Trinajstić information content (AvgIpc) is 2.36. The minimum absolute atomic E-state index is 0.161. The summed E-state index contributed by atoms with van der Waals surface area (Å²) < 4.78 is 11.5. The number of carboxylic acids is 1. The van der Waals surface area contributed by atoms with Crippen molar-refractivity contribution in [1.29, 1.82) is 0 Å². The molecule has 0 aliphatic rings. The predicted molar refractivity (Wildman–Crippen MR) is 66.1 cm³/mol. The molecule has 0 fully saturated rings. The molecule has 106 valence electrons. The van der Waals surface area contributed by atoms with Crippen molar-refractivity contribution >= 4 is 5.97 Å². The van der Waals surface area contributed by atoms with Gasteiger partial charge in [0.1, 0.15) is 5.56 Å². The van der Waals surface area contributed by atoms with Gasteiger partial charge in [-0.15, -0.1) is 0 Å². The lowest BCUT2D eigenvalue weighted by molar-refractivity contribution is -0.111. The van der Waals surface area contributed by atoms with Crippen LogP contribution in [-0.2, 0) is 16.0 Å². The van der Waals surface area contributed by atoms with Crippen LogP contribution in [0, 0.1) is 0 Å². The van der Waals surface area contributed by atoms with Gasteiger partial charge in [0, 0.05) is 26.5 Å². The Labute approximate surface area is 110 Å². The van der Waals surface area contributed by atoms with Gasteiger partial charge in [-0.3, -0.25) is 4.79 Å². The molecule has 0 bridgehead atoms. The lowest BCUT2D eigenvalue weighted by atomic mass is 10.2. The lowest BCUT2D eigenvalue weighted by Crippen LogP contribution is -2.27. The number of hydrogen-bond acceptors (Lipinski definition) is 5. The highest BCUT2D eigenvalue weighted by Crippen LogP contribution is 2.12. The first-order valence-corrected chi connectivity index (χ1v) is 5.62. The third-order valence-electron chi connectivity index (χ3n) is 2.69. The van der Waals surface area contributed by atoms with Crippen LogP contribution in [0.25, 0.3) is 0 Å². The van der Waals surface area contributed by atoms with Crippen LogP contribution in [0.5, 0.6) is 0 Å². The van der Waals surface area contributed by atoms with Gasteiger partial charge in [-0.2, -0.15) is 0 Å². The number of aliphatic hydroxyl groups is 1. The van der Waals surface area contributed by atoms with E-state index in [1.165, 1.54) is 31.9 Å². The summed E-state index contributed by atoms with van der Waals surface area (Å²) in [7, 11) is 2.88. The maximum atomic E-state index is 11.6. The summed E-state index contributed by atoms with van der Waals surface area (Å²) in [5.74, 6) is -1.32. The standard InChI is InChI=1S/C12H17NO6/c1-7(14)9-4-10(15)8(12(16)17)5-13(9)6-11(18-2)19-3/h4-5,7,11,14H,6H2,1-3H3,(H,16,17). The van der Waals surface area contributed by atoms with Crippen molar-refractivity contribution in [3.63, 3.8) is 0 Å². The summed E-state index contributed by atoms with van der Waals surface area (Å²) in [5, 5.41) is 18.6. The van der Waals surface area contributed by atoms with Gasteiger partial charge in [0.05, 0.1) is 18.3 Å². The highest BCUT2D eigenvalue weighted by atomic mass is 16.7. The molecule has 7 heteroatoms. The number of nitrogens with zero attached hydrogens (tertiary/aromatic N) is 1. The molecule has 0 saturated heterocycles. The average molecular weight is 271 g/mol. The Morgan fingerprint density at radius 3 is 2.42 bits per heavy atom. The molecule has 0 aliphatic heterocycles. The second kappa shape index (κ2) is 6.46. The highest BCUT2D eigenvalue weighted by molar-refractivity contribution is 5.87. The maximum absolute atomic E-state index is 11.6. The fourth-order valence-electron chi connectivity index (χ4n) is 1.67. The van der Waals surface area contributed by atoms with E-state index >= 15 is 0 Å². The number of aromatic nitrogens is 1. The van der Waals surface area contributed by atoms with Crippen molar-refractivity contribution in [1.82, 2.24) is 4.57 Å². The molecule has 2 N–H and O–H groups in total. The van der Waals surface area contributed by atoms with Gasteiger partial charge in [-0.25, -0.2) is 4.79 Å². The summed E-state index contributed by atoms with van der Waals surface area (Å²) in [5.41, 5.74) is -0.713. The zero-order chi connectivity index (χ0) is 14.6. The Balaban J connectivity index is 3.29. The SMILES string of the molecule is COC(Cn1cc(C(=O)O)c(=O)cc1C(C)O)OC. The van der Waals surface area contributed by atoms with E-state index in [1.807, 2.05) is 0 Å². The number of aliphatic hydroxyl groups excluding tert-OH is 1. The quantitative estimate of drug-likeness (QED) is 0.718. The zero-order valence-electron chi connectivity index (χ0n) is 11.0. The number of carboxylic acid groups (broad SMARTS) is 1. The molecule has 1 rings (SSSR count). The van der Waals surface area contributed by atoms with Crippen molar-refractivity contribution in [3.8, 4) is 0 Å². The van der Waals surface area contributed by atoms with Crippen LogP contribution in [0.1, 0.15) is 29.1 Å². The number of pyridine rings is 1. The maximum Gasteiger partial charge on any atom is 0.341 e. The minimum Gasteiger partial charge on any atom is -0.477 e. The van der Waals surface area contributed by atoms with E-state index in [2.05, 4.69) is 0 Å². The van der Waals surface area contributed by atoms with Crippen LogP contribution >= 0.6 is 0 Å². The molecule has 0 spiro atoms. The fraction of sp³-hybridized carbons (Fsp3) is 0.500. The van der Waals surface area contributed by atoms with E-state index < -0.39 is 23.8 Å². The molecule has 7 nitrogen and oxygen atoms in total. The van der Waals surface area contributed by atoms with Crippen molar-refractivity contribution in [3.05, 3.63) is 33.7 Å². The van der Waals surface area contributed by atoms with Crippen LogP contribution in [0.2, 0.25) is 0 Å². The summed E-state index contributed by atoms with van der Waals surface area (Å²) in [6.07, 6.45) is -0.343.